The van der Waals surface area contributed by atoms with E-state index in [-0.39, 0.29) is 24.2 Å². The number of nitrogens with zero attached hydrogens (tertiary/aromatic N) is 2. The van der Waals surface area contributed by atoms with E-state index in [9.17, 15) is 14.4 Å². The fraction of sp³-hybridized carbons (Fsp3) is 0.391. The summed E-state index contributed by atoms with van der Waals surface area (Å²) in [4.78, 5) is 46.4. The normalized spacial score (nSPS) is 14.4. The lowest BCUT2D eigenvalue weighted by Gasteiger charge is -2.26. The number of nitrogens with one attached hydrogen (secondary N) is 2. The highest BCUT2D eigenvalue weighted by molar-refractivity contribution is 7.09. The first-order valence-electron chi connectivity index (χ1n) is 10.8. The van der Waals surface area contributed by atoms with Gasteiger partial charge < -0.3 is 20.9 Å². The molecular weight excluding hydrogens is 426 g/mol. The van der Waals surface area contributed by atoms with E-state index >= 15 is 0 Å². The number of H-pyrrole nitrogens is 1. The molecule has 168 valence electrons. The van der Waals surface area contributed by atoms with Gasteiger partial charge in [-0.05, 0) is 31.9 Å². The highest BCUT2D eigenvalue weighted by atomic mass is 32.1. The molecule has 1 aliphatic carbocycles. The van der Waals surface area contributed by atoms with E-state index in [0.29, 0.717) is 22.6 Å². The maximum Gasteiger partial charge on any atom is 0.276 e. The van der Waals surface area contributed by atoms with Gasteiger partial charge in [0.15, 0.2) is 0 Å². The van der Waals surface area contributed by atoms with Crippen molar-refractivity contribution in [2.24, 2.45) is 11.7 Å². The summed E-state index contributed by atoms with van der Waals surface area (Å²) in [6, 6.07) is 5.58. The average molecular weight is 454 g/mol. The van der Waals surface area contributed by atoms with Crippen molar-refractivity contribution in [3.05, 3.63) is 39.8 Å². The van der Waals surface area contributed by atoms with Gasteiger partial charge in [0.2, 0.25) is 11.8 Å². The predicted molar refractivity (Wildman–Crippen MR) is 126 cm³/mol. The van der Waals surface area contributed by atoms with Crippen LogP contribution >= 0.6 is 11.3 Å². The summed E-state index contributed by atoms with van der Waals surface area (Å²) in [6.45, 7) is 1.83. The number of aromatic amines is 1. The van der Waals surface area contributed by atoms with Gasteiger partial charge in [-0.2, -0.15) is 0 Å². The molecule has 4 rings (SSSR count). The minimum Gasteiger partial charge on any atom is -0.369 e. The second kappa shape index (κ2) is 9.12. The number of fused-ring (bicyclic) bond motifs is 1. The summed E-state index contributed by atoms with van der Waals surface area (Å²) < 4.78 is 0. The number of aryl methyl sites for hydroxylation is 1. The Morgan fingerprint density at radius 1 is 1.25 bits per heavy atom. The summed E-state index contributed by atoms with van der Waals surface area (Å²) in [7, 11) is 1.79. The third kappa shape index (κ3) is 4.52. The molecule has 0 unspecified atom stereocenters. The van der Waals surface area contributed by atoms with E-state index in [4.69, 9.17) is 5.73 Å². The van der Waals surface area contributed by atoms with Crippen LogP contribution in [0.2, 0.25) is 0 Å². The third-order valence-corrected chi connectivity index (χ3v) is 6.78. The topological polar surface area (TPSA) is 121 Å². The van der Waals surface area contributed by atoms with Gasteiger partial charge in [0.25, 0.3) is 5.91 Å². The molecule has 1 aliphatic rings. The van der Waals surface area contributed by atoms with Gasteiger partial charge in [-0.3, -0.25) is 14.4 Å². The summed E-state index contributed by atoms with van der Waals surface area (Å²) in [5.41, 5.74) is 7.86. The van der Waals surface area contributed by atoms with Crippen LogP contribution in [0.25, 0.3) is 10.9 Å². The number of hydrogen-bond acceptors (Lipinski definition) is 5. The van der Waals surface area contributed by atoms with Crippen LogP contribution in [0.15, 0.2) is 23.6 Å². The lowest BCUT2D eigenvalue weighted by atomic mass is 9.88. The largest absolute Gasteiger partial charge is 0.369 e. The Morgan fingerprint density at radius 2 is 2.00 bits per heavy atom. The average Bonchev–Trinajstić information content (AvgIpc) is 3.36. The molecular formula is C23H27N5O3S. The number of carbonyl (C=O) groups excluding carboxylic acids is 3. The minimum absolute atomic E-state index is 0.0259. The number of primary amides is 1. The van der Waals surface area contributed by atoms with E-state index in [0.717, 1.165) is 41.8 Å². The number of carbonyl (C=O) groups is 3. The fourth-order valence-electron chi connectivity index (χ4n) is 4.31. The quantitative estimate of drug-likeness (QED) is 0.526. The number of anilines is 2. The second-order valence-electron chi connectivity index (χ2n) is 8.29. The predicted octanol–water partition coefficient (Wildman–Crippen LogP) is 3.76. The van der Waals surface area contributed by atoms with Crippen molar-refractivity contribution >= 4 is 51.5 Å². The molecule has 0 bridgehead atoms. The first kappa shape index (κ1) is 22.0. The summed E-state index contributed by atoms with van der Waals surface area (Å²) in [5.74, 6) is -0.265. The van der Waals surface area contributed by atoms with Gasteiger partial charge >= 0.3 is 0 Å². The number of thiazole rings is 1. The summed E-state index contributed by atoms with van der Waals surface area (Å²) in [6.07, 6.45) is 5.23. The van der Waals surface area contributed by atoms with E-state index in [1.54, 1.807) is 17.3 Å². The van der Waals surface area contributed by atoms with Gasteiger partial charge in [-0.1, -0.05) is 25.3 Å². The van der Waals surface area contributed by atoms with Gasteiger partial charge in [0.1, 0.15) is 11.5 Å². The zero-order valence-electron chi connectivity index (χ0n) is 18.2. The van der Waals surface area contributed by atoms with Crippen LogP contribution in [0.3, 0.4) is 0 Å². The van der Waals surface area contributed by atoms with Crippen LogP contribution in [0, 0.1) is 12.8 Å². The van der Waals surface area contributed by atoms with Crippen molar-refractivity contribution in [3.63, 3.8) is 0 Å². The Kier molecular flexibility index (Phi) is 6.27. The highest BCUT2D eigenvalue weighted by Gasteiger charge is 2.25. The monoisotopic (exact) mass is 453 g/mol. The van der Waals surface area contributed by atoms with Crippen LogP contribution in [0.1, 0.15) is 53.2 Å². The lowest BCUT2D eigenvalue weighted by molar-refractivity contribution is -0.123. The Hall–Kier alpha value is -3.20. The Morgan fingerprint density at radius 3 is 2.66 bits per heavy atom. The third-order valence-electron chi connectivity index (χ3n) is 6.00. The molecule has 3 amide bonds. The number of benzene rings is 1. The van der Waals surface area contributed by atoms with Crippen LogP contribution < -0.4 is 16.0 Å². The minimum atomic E-state index is -0.500. The van der Waals surface area contributed by atoms with E-state index in [1.165, 1.54) is 17.8 Å². The molecule has 0 atom stereocenters. The summed E-state index contributed by atoms with van der Waals surface area (Å²) in [5, 5.41) is 6.07. The van der Waals surface area contributed by atoms with Crippen LogP contribution in [0.4, 0.5) is 11.5 Å². The first-order valence-corrected chi connectivity index (χ1v) is 11.7. The number of hydrogen-bond donors (Lipinski definition) is 3. The van der Waals surface area contributed by atoms with E-state index < -0.39 is 5.91 Å². The van der Waals surface area contributed by atoms with Gasteiger partial charge in [0, 0.05) is 40.5 Å². The molecule has 1 fully saturated rings. The lowest BCUT2D eigenvalue weighted by Crippen LogP contribution is -2.33. The summed E-state index contributed by atoms with van der Waals surface area (Å²) >= 11 is 1.39. The maximum absolute atomic E-state index is 12.9. The zero-order chi connectivity index (χ0) is 22.8. The Balaban J connectivity index is 1.64. The number of nitrogens with two attached hydrogens (primary N) is 1. The second-order valence-corrected chi connectivity index (χ2v) is 9.35. The molecule has 32 heavy (non-hydrogen) atoms. The SMILES string of the molecule is Cc1nc(C(=O)Nc2[nH]c3cc(N(C)C(=O)C4CCCCC4)ccc3c2CC(N)=O)cs1. The molecule has 0 spiro atoms. The maximum atomic E-state index is 12.9. The molecule has 8 nitrogen and oxygen atoms in total. The molecule has 1 aromatic carbocycles. The zero-order valence-corrected chi connectivity index (χ0v) is 19.1. The fourth-order valence-corrected chi connectivity index (χ4v) is 4.91. The number of rotatable bonds is 6. The number of amides is 3. The molecule has 0 saturated heterocycles. The molecule has 3 aromatic rings. The molecule has 2 heterocycles. The standard InChI is InChI=1S/C23H27N5O3S/c1-13-25-19(12-32-13)22(30)27-21-17(11-20(24)29)16-9-8-15(10-18(16)26-21)28(2)23(31)14-6-4-3-5-7-14/h8-10,12,14,26H,3-7,11H2,1-2H3,(H2,24,29)(H,27,30). The van der Waals surface area contributed by atoms with Gasteiger partial charge in [0.05, 0.1) is 11.4 Å². The van der Waals surface area contributed by atoms with Crippen molar-refractivity contribution in [2.75, 3.05) is 17.3 Å². The van der Waals surface area contributed by atoms with Crippen molar-refractivity contribution in [2.45, 2.75) is 45.4 Å². The Labute approximate surface area is 190 Å². The highest BCUT2D eigenvalue weighted by Crippen LogP contribution is 2.32. The van der Waals surface area contributed by atoms with Crippen LogP contribution in [0.5, 0.6) is 0 Å². The molecule has 2 aromatic heterocycles. The van der Waals surface area contributed by atoms with Crippen LogP contribution in [-0.2, 0) is 16.0 Å². The number of aromatic nitrogens is 2. The molecule has 4 N–H and O–H groups in total. The molecule has 0 aliphatic heterocycles. The van der Waals surface area contributed by atoms with E-state index in [2.05, 4.69) is 15.3 Å². The molecule has 0 radical (unpaired) electrons. The molecule has 1 saturated carbocycles. The van der Waals surface area contributed by atoms with Gasteiger partial charge in [-0.15, -0.1) is 11.3 Å². The van der Waals surface area contributed by atoms with Crippen molar-refractivity contribution in [1.29, 1.82) is 0 Å². The first-order chi connectivity index (χ1) is 15.3. The van der Waals surface area contributed by atoms with Crippen molar-refractivity contribution in [3.8, 4) is 0 Å². The molecule has 9 heteroatoms. The Bertz CT molecular complexity index is 1180. The smallest absolute Gasteiger partial charge is 0.276 e. The van der Waals surface area contributed by atoms with Crippen molar-refractivity contribution < 1.29 is 14.4 Å². The van der Waals surface area contributed by atoms with Crippen molar-refractivity contribution in [1.82, 2.24) is 9.97 Å². The van der Waals surface area contributed by atoms with Gasteiger partial charge in [-0.25, -0.2) is 4.98 Å². The van der Waals surface area contributed by atoms with E-state index in [1.807, 2.05) is 25.1 Å². The van der Waals surface area contributed by atoms with Crippen LogP contribution in [-0.4, -0.2) is 34.7 Å².